The lowest BCUT2D eigenvalue weighted by Gasteiger charge is -2.58. The van der Waals surface area contributed by atoms with Gasteiger partial charge in [-0.1, -0.05) is 0 Å². The summed E-state index contributed by atoms with van der Waals surface area (Å²) in [6.45, 7) is 2.52. The van der Waals surface area contributed by atoms with Crippen LogP contribution < -0.4 is 5.32 Å². The third kappa shape index (κ3) is 0.663. The van der Waals surface area contributed by atoms with Gasteiger partial charge in [0.1, 0.15) is 0 Å². The first-order valence-corrected chi connectivity index (χ1v) is 4.12. The van der Waals surface area contributed by atoms with Gasteiger partial charge in [0.15, 0.2) is 0 Å². The lowest BCUT2D eigenvalue weighted by Crippen LogP contribution is -2.68. The van der Waals surface area contributed by atoms with Crippen LogP contribution in [0.15, 0.2) is 0 Å². The molecule has 0 aromatic heterocycles. The summed E-state index contributed by atoms with van der Waals surface area (Å²) in [5, 5.41) is 3.36. The van der Waals surface area contributed by atoms with Crippen molar-refractivity contribution in [2.24, 2.45) is 5.41 Å². The Morgan fingerprint density at radius 3 is 2.20 bits per heavy atom. The minimum Gasteiger partial charge on any atom is -0.315 e. The summed E-state index contributed by atoms with van der Waals surface area (Å²) in [5.74, 6) is 0. The lowest BCUT2D eigenvalue weighted by atomic mass is 9.60. The van der Waals surface area contributed by atoms with Gasteiger partial charge in [-0.25, -0.2) is 0 Å². The van der Waals surface area contributed by atoms with Crippen molar-refractivity contribution in [2.75, 3.05) is 27.2 Å². The van der Waals surface area contributed by atoms with Gasteiger partial charge in [-0.05, 0) is 26.9 Å². The fourth-order valence-corrected chi connectivity index (χ4v) is 2.35. The number of hydrogen-bond donors (Lipinski definition) is 1. The van der Waals surface area contributed by atoms with Crippen LogP contribution >= 0.6 is 0 Å². The smallest absolute Gasteiger partial charge is 0.0170 e. The van der Waals surface area contributed by atoms with E-state index in [1.54, 1.807) is 0 Å². The average Bonchev–Trinajstić information content (AvgIpc) is 1.53. The molecule has 1 heterocycles. The van der Waals surface area contributed by atoms with Crippen LogP contribution in [-0.2, 0) is 0 Å². The largest absolute Gasteiger partial charge is 0.315 e. The Morgan fingerprint density at radius 2 is 2.10 bits per heavy atom. The second kappa shape index (κ2) is 1.95. The van der Waals surface area contributed by atoms with Crippen molar-refractivity contribution in [3.8, 4) is 0 Å². The fraction of sp³-hybridized carbons (Fsp3) is 1.00. The molecule has 2 fully saturated rings. The lowest BCUT2D eigenvalue weighted by molar-refractivity contribution is -0.0434. The molecule has 1 aliphatic carbocycles. The van der Waals surface area contributed by atoms with Gasteiger partial charge in [-0.2, -0.15) is 0 Å². The van der Waals surface area contributed by atoms with Crippen LogP contribution in [0.4, 0.5) is 0 Å². The topological polar surface area (TPSA) is 15.3 Å². The maximum Gasteiger partial charge on any atom is 0.0170 e. The summed E-state index contributed by atoms with van der Waals surface area (Å²) in [4.78, 5) is 2.38. The zero-order valence-electron chi connectivity index (χ0n) is 6.85. The van der Waals surface area contributed by atoms with E-state index in [1.165, 1.54) is 25.9 Å². The fourth-order valence-electron chi connectivity index (χ4n) is 2.35. The first-order chi connectivity index (χ1) is 4.75. The van der Waals surface area contributed by atoms with Crippen molar-refractivity contribution < 1.29 is 0 Å². The molecule has 1 saturated heterocycles. The summed E-state index contributed by atoms with van der Waals surface area (Å²) in [6, 6.07) is 0.869. The van der Waals surface area contributed by atoms with E-state index in [4.69, 9.17) is 0 Å². The second-order valence-corrected chi connectivity index (χ2v) is 3.98. The summed E-state index contributed by atoms with van der Waals surface area (Å²) in [5.41, 5.74) is 0.698. The van der Waals surface area contributed by atoms with E-state index < -0.39 is 0 Å². The molecule has 1 saturated carbocycles. The quantitative estimate of drug-likeness (QED) is 0.563. The molecule has 0 aromatic carbocycles. The zero-order chi connectivity index (χ0) is 7.19. The molecule has 10 heavy (non-hydrogen) atoms. The molecule has 2 heteroatoms. The van der Waals surface area contributed by atoms with E-state index in [9.17, 15) is 0 Å². The summed E-state index contributed by atoms with van der Waals surface area (Å²) < 4.78 is 0. The van der Waals surface area contributed by atoms with Crippen molar-refractivity contribution in [3.63, 3.8) is 0 Å². The van der Waals surface area contributed by atoms with E-state index in [0.717, 1.165) is 6.04 Å². The zero-order valence-corrected chi connectivity index (χ0v) is 6.85. The van der Waals surface area contributed by atoms with Gasteiger partial charge in [0.05, 0.1) is 0 Å². The number of hydrogen-bond acceptors (Lipinski definition) is 2. The Balaban J connectivity index is 1.99. The van der Waals surface area contributed by atoms with Crippen LogP contribution in [0.25, 0.3) is 0 Å². The van der Waals surface area contributed by atoms with Crippen LogP contribution in [0, 0.1) is 5.41 Å². The van der Waals surface area contributed by atoms with E-state index >= 15 is 0 Å². The van der Waals surface area contributed by atoms with Crippen molar-refractivity contribution >= 4 is 0 Å². The van der Waals surface area contributed by atoms with Crippen molar-refractivity contribution in [1.82, 2.24) is 10.2 Å². The maximum absolute atomic E-state index is 3.36. The molecule has 1 spiro atoms. The molecule has 2 rings (SSSR count). The van der Waals surface area contributed by atoms with Crippen LogP contribution in [0.2, 0.25) is 0 Å². The summed E-state index contributed by atoms with van der Waals surface area (Å²) >= 11 is 0. The van der Waals surface area contributed by atoms with Crippen LogP contribution in [0.1, 0.15) is 12.8 Å². The average molecular weight is 140 g/mol. The molecule has 0 amide bonds. The molecule has 2 aliphatic rings. The highest BCUT2D eigenvalue weighted by atomic mass is 15.2. The highest BCUT2D eigenvalue weighted by Crippen LogP contribution is 2.46. The SMILES string of the molecule is CN(C)C1CCC12CNC2. The third-order valence-corrected chi connectivity index (χ3v) is 3.20. The molecule has 2 nitrogen and oxygen atoms in total. The maximum atomic E-state index is 3.36. The predicted octanol–water partition coefficient (Wildman–Crippen LogP) is 0.300. The Bertz CT molecular complexity index is 133. The van der Waals surface area contributed by atoms with Crippen molar-refractivity contribution in [1.29, 1.82) is 0 Å². The van der Waals surface area contributed by atoms with Crippen molar-refractivity contribution in [3.05, 3.63) is 0 Å². The Kier molecular flexibility index (Phi) is 1.29. The first kappa shape index (κ1) is 6.62. The van der Waals surface area contributed by atoms with E-state index in [0.29, 0.717) is 5.41 Å². The number of nitrogens with zero attached hydrogens (tertiary/aromatic N) is 1. The Morgan fingerprint density at radius 1 is 1.40 bits per heavy atom. The van der Waals surface area contributed by atoms with Gasteiger partial charge in [0.25, 0.3) is 0 Å². The molecule has 1 N–H and O–H groups in total. The standard InChI is InChI=1S/C8H16N2/c1-10(2)7-3-4-8(7)5-9-6-8/h7,9H,3-6H2,1-2H3. The molecular formula is C8H16N2. The van der Waals surface area contributed by atoms with Gasteiger partial charge in [-0.15, -0.1) is 0 Å². The van der Waals surface area contributed by atoms with Gasteiger partial charge in [0.2, 0.25) is 0 Å². The molecule has 0 bridgehead atoms. The normalized spacial score (nSPS) is 35.7. The molecule has 1 atom stereocenters. The molecular weight excluding hydrogens is 124 g/mol. The van der Waals surface area contributed by atoms with Gasteiger partial charge < -0.3 is 10.2 Å². The molecule has 58 valence electrons. The van der Waals surface area contributed by atoms with E-state index in [2.05, 4.69) is 24.3 Å². The highest BCUT2D eigenvalue weighted by molar-refractivity contribution is 5.08. The molecule has 1 aliphatic heterocycles. The summed E-state index contributed by atoms with van der Waals surface area (Å²) in [6.07, 6.45) is 2.86. The number of rotatable bonds is 1. The minimum absolute atomic E-state index is 0.698. The molecule has 0 aromatic rings. The Labute approximate surface area is 62.6 Å². The number of nitrogens with one attached hydrogen (secondary N) is 1. The van der Waals surface area contributed by atoms with Gasteiger partial charge in [-0.3, -0.25) is 0 Å². The van der Waals surface area contributed by atoms with Crippen LogP contribution in [0.3, 0.4) is 0 Å². The first-order valence-electron chi connectivity index (χ1n) is 4.12. The van der Waals surface area contributed by atoms with E-state index in [1.807, 2.05) is 0 Å². The Hall–Kier alpha value is -0.0800. The molecule has 1 unspecified atom stereocenters. The van der Waals surface area contributed by atoms with E-state index in [-0.39, 0.29) is 0 Å². The van der Waals surface area contributed by atoms with Gasteiger partial charge >= 0.3 is 0 Å². The molecule has 0 radical (unpaired) electrons. The predicted molar refractivity (Wildman–Crippen MR) is 42.0 cm³/mol. The monoisotopic (exact) mass is 140 g/mol. The minimum atomic E-state index is 0.698. The van der Waals surface area contributed by atoms with Gasteiger partial charge in [0, 0.05) is 24.5 Å². The van der Waals surface area contributed by atoms with Crippen LogP contribution in [0.5, 0.6) is 0 Å². The highest BCUT2D eigenvalue weighted by Gasteiger charge is 2.51. The second-order valence-electron chi connectivity index (χ2n) is 3.98. The third-order valence-electron chi connectivity index (χ3n) is 3.20. The van der Waals surface area contributed by atoms with Crippen molar-refractivity contribution in [2.45, 2.75) is 18.9 Å². The summed E-state index contributed by atoms with van der Waals surface area (Å²) in [7, 11) is 4.40. The van der Waals surface area contributed by atoms with Crippen LogP contribution in [-0.4, -0.2) is 38.1 Å².